The standard InChI is InChI=1S/C9H9N3O3/c1-5-3-4-6(15-5)7-8(9(13)14)11-12(2)10-7/h3-4H,1-2H3,(H,13,14). The molecule has 2 aromatic heterocycles. The number of aromatic nitrogens is 3. The van der Waals surface area contributed by atoms with E-state index in [9.17, 15) is 4.79 Å². The third kappa shape index (κ3) is 1.61. The van der Waals surface area contributed by atoms with E-state index in [2.05, 4.69) is 10.2 Å². The van der Waals surface area contributed by atoms with Gasteiger partial charge < -0.3 is 9.52 Å². The molecule has 0 bridgehead atoms. The van der Waals surface area contributed by atoms with Gasteiger partial charge in [0.05, 0.1) is 0 Å². The molecule has 6 nitrogen and oxygen atoms in total. The van der Waals surface area contributed by atoms with Gasteiger partial charge in [-0.05, 0) is 19.1 Å². The average molecular weight is 207 g/mol. The second-order valence-electron chi connectivity index (χ2n) is 3.10. The van der Waals surface area contributed by atoms with Crippen molar-refractivity contribution in [1.29, 1.82) is 0 Å². The van der Waals surface area contributed by atoms with Gasteiger partial charge in [-0.25, -0.2) is 4.79 Å². The fourth-order valence-electron chi connectivity index (χ4n) is 1.28. The number of carbonyl (C=O) groups is 1. The quantitative estimate of drug-likeness (QED) is 0.796. The molecule has 0 amide bonds. The number of aryl methyl sites for hydroxylation is 2. The van der Waals surface area contributed by atoms with Crippen LogP contribution in [0.4, 0.5) is 0 Å². The monoisotopic (exact) mass is 207 g/mol. The van der Waals surface area contributed by atoms with Gasteiger partial charge in [0.2, 0.25) is 5.69 Å². The van der Waals surface area contributed by atoms with Crippen molar-refractivity contribution in [2.45, 2.75) is 6.92 Å². The highest BCUT2D eigenvalue weighted by molar-refractivity contribution is 5.91. The summed E-state index contributed by atoms with van der Waals surface area (Å²) in [7, 11) is 1.56. The van der Waals surface area contributed by atoms with Crippen LogP contribution in [0.5, 0.6) is 0 Å². The first-order chi connectivity index (χ1) is 7.08. The van der Waals surface area contributed by atoms with Gasteiger partial charge in [0.15, 0.2) is 11.5 Å². The average Bonchev–Trinajstić information content (AvgIpc) is 2.71. The third-order valence-electron chi connectivity index (χ3n) is 1.89. The molecule has 0 fully saturated rings. The zero-order valence-corrected chi connectivity index (χ0v) is 8.26. The summed E-state index contributed by atoms with van der Waals surface area (Å²) in [5.41, 5.74) is 0.143. The first-order valence-electron chi connectivity index (χ1n) is 4.29. The predicted octanol–water partition coefficient (Wildman–Crippen LogP) is 1.08. The Bertz CT molecular complexity index is 512. The smallest absolute Gasteiger partial charge is 0.358 e. The zero-order valence-electron chi connectivity index (χ0n) is 8.26. The largest absolute Gasteiger partial charge is 0.476 e. The Hall–Kier alpha value is -2.11. The van der Waals surface area contributed by atoms with Crippen LogP contribution in [0.3, 0.4) is 0 Å². The number of rotatable bonds is 2. The van der Waals surface area contributed by atoms with Crippen molar-refractivity contribution >= 4 is 5.97 Å². The molecular formula is C9H9N3O3. The van der Waals surface area contributed by atoms with E-state index in [1.54, 1.807) is 26.1 Å². The summed E-state index contributed by atoms with van der Waals surface area (Å²) in [5.74, 6) is -0.00264. The SMILES string of the molecule is Cc1ccc(-c2nn(C)nc2C(=O)O)o1. The summed E-state index contributed by atoms with van der Waals surface area (Å²) in [5, 5.41) is 16.6. The van der Waals surface area contributed by atoms with Crippen molar-refractivity contribution < 1.29 is 14.3 Å². The van der Waals surface area contributed by atoms with E-state index in [1.807, 2.05) is 0 Å². The van der Waals surface area contributed by atoms with E-state index in [-0.39, 0.29) is 11.4 Å². The van der Waals surface area contributed by atoms with Gasteiger partial charge in [-0.1, -0.05) is 0 Å². The lowest BCUT2D eigenvalue weighted by Gasteiger charge is -1.90. The number of carboxylic acids is 1. The lowest BCUT2D eigenvalue weighted by atomic mass is 10.2. The van der Waals surface area contributed by atoms with E-state index in [1.165, 1.54) is 4.80 Å². The Morgan fingerprint density at radius 3 is 2.73 bits per heavy atom. The maximum absolute atomic E-state index is 10.9. The van der Waals surface area contributed by atoms with Crippen LogP contribution in [0, 0.1) is 6.92 Å². The van der Waals surface area contributed by atoms with Crippen LogP contribution in [-0.2, 0) is 7.05 Å². The minimum Gasteiger partial charge on any atom is -0.476 e. The number of hydrogen-bond acceptors (Lipinski definition) is 4. The third-order valence-corrected chi connectivity index (χ3v) is 1.89. The summed E-state index contributed by atoms with van der Waals surface area (Å²) < 4.78 is 5.29. The minimum absolute atomic E-state index is 0.105. The number of hydrogen-bond donors (Lipinski definition) is 1. The first kappa shape index (κ1) is 9.45. The molecule has 0 aliphatic heterocycles. The van der Waals surface area contributed by atoms with E-state index in [0.717, 1.165) is 0 Å². The molecule has 15 heavy (non-hydrogen) atoms. The van der Waals surface area contributed by atoms with Gasteiger partial charge >= 0.3 is 5.97 Å². The van der Waals surface area contributed by atoms with E-state index in [0.29, 0.717) is 11.5 Å². The van der Waals surface area contributed by atoms with E-state index >= 15 is 0 Å². The van der Waals surface area contributed by atoms with Crippen molar-refractivity contribution in [2.24, 2.45) is 7.05 Å². The van der Waals surface area contributed by atoms with Crippen LogP contribution >= 0.6 is 0 Å². The second-order valence-corrected chi connectivity index (χ2v) is 3.10. The molecule has 0 saturated heterocycles. The Balaban J connectivity index is 2.56. The predicted molar refractivity (Wildman–Crippen MR) is 50.4 cm³/mol. The number of carboxylic acid groups (broad SMARTS) is 1. The van der Waals surface area contributed by atoms with Gasteiger partial charge in [0.1, 0.15) is 5.76 Å². The molecule has 0 spiro atoms. The first-order valence-corrected chi connectivity index (χ1v) is 4.29. The Labute approximate surface area is 85.1 Å². The van der Waals surface area contributed by atoms with Crippen LogP contribution in [0.25, 0.3) is 11.5 Å². The van der Waals surface area contributed by atoms with E-state index < -0.39 is 5.97 Å². The maximum Gasteiger partial charge on any atom is 0.358 e. The number of nitrogens with zero attached hydrogens (tertiary/aromatic N) is 3. The lowest BCUT2D eigenvalue weighted by Crippen LogP contribution is -2.00. The van der Waals surface area contributed by atoms with Gasteiger partial charge in [-0.3, -0.25) is 0 Å². The summed E-state index contributed by atoms with van der Waals surface area (Å²) in [6, 6.07) is 3.42. The van der Waals surface area contributed by atoms with Crippen LogP contribution in [0.2, 0.25) is 0 Å². The highest BCUT2D eigenvalue weighted by Crippen LogP contribution is 2.22. The van der Waals surface area contributed by atoms with Crippen LogP contribution in [0.1, 0.15) is 16.2 Å². The second kappa shape index (κ2) is 3.23. The number of aromatic carboxylic acids is 1. The fourth-order valence-corrected chi connectivity index (χ4v) is 1.28. The van der Waals surface area contributed by atoms with Crippen molar-refractivity contribution in [3.63, 3.8) is 0 Å². The van der Waals surface area contributed by atoms with Crippen molar-refractivity contribution in [1.82, 2.24) is 15.0 Å². The van der Waals surface area contributed by atoms with Crippen molar-refractivity contribution in [3.8, 4) is 11.5 Å². The highest BCUT2D eigenvalue weighted by Gasteiger charge is 2.20. The summed E-state index contributed by atoms with van der Waals surface area (Å²) in [6.45, 7) is 1.78. The maximum atomic E-state index is 10.9. The Morgan fingerprint density at radius 1 is 1.47 bits per heavy atom. The molecule has 0 aliphatic rings. The molecule has 0 aromatic carbocycles. The summed E-state index contributed by atoms with van der Waals surface area (Å²) in [6.07, 6.45) is 0. The molecule has 0 unspecified atom stereocenters. The van der Waals surface area contributed by atoms with Crippen LogP contribution < -0.4 is 0 Å². The molecule has 0 atom stereocenters. The lowest BCUT2D eigenvalue weighted by molar-refractivity contribution is 0.0690. The normalized spacial score (nSPS) is 10.5. The van der Waals surface area contributed by atoms with Gasteiger partial charge in [0, 0.05) is 7.05 Å². The zero-order chi connectivity index (χ0) is 11.0. The van der Waals surface area contributed by atoms with Crippen molar-refractivity contribution in [2.75, 3.05) is 0 Å². The molecule has 1 N–H and O–H groups in total. The fraction of sp³-hybridized carbons (Fsp3) is 0.222. The molecule has 0 radical (unpaired) electrons. The molecular weight excluding hydrogens is 198 g/mol. The molecule has 2 aromatic rings. The molecule has 2 rings (SSSR count). The Morgan fingerprint density at radius 2 is 2.20 bits per heavy atom. The number of furan rings is 1. The van der Waals surface area contributed by atoms with Gasteiger partial charge in [-0.15, -0.1) is 10.2 Å². The molecule has 2 heterocycles. The molecule has 6 heteroatoms. The van der Waals surface area contributed by atoms with E-state index in [4.69, 9.17) is 9.52 Å². The molecule has 0 aliphatic carbocycles. The minimum atomic E-state index is -1.12. The van der Waals surface area contributed by atoms with Crippen LogP contribution in [0.15, 0.2) is 16.5 Å². The van der Waals surface area contributed by atoms with Gasteiger partial charge in [-0.2, -0.15) is 4.80 Å². The summed E-state index contributed by atoms with van der Waals surface area (Å²) in [4.78, 5) is 12.1. The highest BCUT2D eigenvalue weighted by atomic mass is 16.4. The molecule has 0 saturated carbocycles. The van der Waals surface area contributed by atoms with Crippen LogP contribution in [-0.4, -0.2) is 26.1 Å². The molecule has 78 valence electrons. The van der Waals surface area contributed by atoms with Gasteiger partial charge in [0.25, 0.3) is 0 Å². The topological polar surface area (TPSA) is 81.2 Å². The van der Waals surface area contributed by atoms with Crippen molar-refractivity contribution in [3.05, 3.63) is 23.6 Å². The summed E-state index contributed by atoms with van der Waals surface area (Å²) >= 11 is 0. The Kier molecular flexibility index (Phi) is 2.03.